The topological polar surface area (TPSA) is 182 Å². The molecule has 2 aromatic carbocycles. The van der Waals surface area contributed by atoms with Gasteiger partial charge in [-0.2, -0.15) is 19.0 Å². The molecule has 304 valence electrons. The van der Waals surface area contributed by atoms with Crippen LogP contribution in [0.15, 0.2) is 42.5 Å². The summed E-state index contributed by atoms with van der Waals surface area (Å²) < 4.78 is 94.2. The van der Waals surface area contributed by atoms with E-state index in [9.17, 15) is 31.9 Å². The highest BCUT2D eigenvalue weighted by Crippen LogP contribution is 2.68. The van der Waals surface area contributed by atoms with Crippen molar-refractivity contribution in [1.82, 2.24) is 29.9 Å². The molecule has 0 unspecified atom stereocenters. The number of aryl methyl sites for hydroxylation is 1. The fourth-order valence-electron chi connectivity index (χ4n) is 7.28. The molecule has 2 aliphatic rings. The Morgan fingerprint density at radius 1 is 1.10 bits per heavy atom. The Balaban J connectivity index is 1.38. The summed E-state index contributed by atoms with van der Waals surface area (Å²) >= 11 is 6.60. The number of methoxy groups -OCH3 is 1. The molecule has 2 aliphatic carbocycles. The van der Waals surface area contributed by atoms with Crippen LogP contribution in [0, 0.1) is 29.4 Å². The number of rotatable bonds is 10. The van der Waals surface area contributed by atoms with Gasteiger partial charge in [0.25, 0.3) is 5.92 Å². The number of nitrogens with zero attached hydrogens (tertiary/aromatic N) is 5. The summed E-state index contributed by atoms with van der Waals surface area (Å²) in [4.78, 5) is 30.9. The average molecular weight is 843 g/mol. The number of fused-ring (bicyclic) bond motifs is 4. The lowest BCUT2D eigenvalue weighted by molar-refractivity contribution is -0.122. The Bertz CT molecular complexity index is 2680. The van der Waals surface area contributed by atoms with E-state index in [0.29, 0.717) is 22.7 Å². The normalized spacial score (nSPS) is 17.2. The number of amides is 2. The van der Waals surface area contributed by atoms with Crippen molar-refractivity contribution in [1.29, 1.82) is 0 Å². The number of halogens is 5. The van der Waals surface area contributed by atoms with Crippen molar-refractivity contribution in [3.05, 3.63) is 87.3 Å². The number of aromatic nitrogens is 5. The molecule has 0 saturated heterocycles. The number of ether oxygens (including phenoxy) is 1. The second kappa shape index (κ2) is 14.6. The number of carbonyl (C=O) groups excluding carboxylic acids is 2. The number of sulfonamides is 1. The van der Waals surface area contributed by atoms with Crippen LogP contribution in [-0.2, 0) is 45.5 Å². The first-order valence-corrected chi connectivity index (χ1v) is 19.9. The number of benzene rings is 2. The van der Waals surface area contributed by atoms with E-state index < -0.39 is 75.3 Å². The van der Waals surface area contributed by atoms with Crippen LogP contribution < -0.4 is 15.4 Å². The largest absolute Gasteiger partial charge is 0.453 e. The number of aliphatic hydroxyl groups is 1. The summed E-state index contributed by atoms with van der Waals surface area (Å²) in [5, 5.41) is 24.4. The first-order chi connectivity index (χ1) is 27.1. The number of anilines is 2. The number of nitrogens with one attached hydrogen (secondary N) is 3. The predicted octanol–water partition coefficient (Wildman–Crippen LogP) is 5.74. The molecule has 0 aliphatic heterocycles. The Morgan fingerprint density at radius 2 is 1.79 bits per heavy atom. The Labute approximate surface area is 334 Å². The fourth-order valence-corrected chi connectivity index (χ4v) is 8.01. The smallest absolute Gasteiger partial charge is 0.412 e. The van der Waals surface area contributed by atoms with Crippen molar-refractivity contribution in [3.8, 4) is 23.0 Å². The predicted molar refractivity (Wildman–Crippen MR) is 205 cm³/mol. The van der Waals surface area contributed by atoms with E-state index in [4.69, 9.17) is 16.6 Å². The van der Waals surface area contributed by atoms with E-state index in [-0.39, 0.29) is 57.4 Å². The van der Waals surface area contributed by atoms with Crippen molar-refractivity contribution in [3.63, 3.8) is 0 Å². The number of carbonyl (C=O) groups is 2. The molecule has 58 heavy (non-hydrogen) atoms. The third-order valence-corrected chi connectivity index (χ3v) is 10.5. The van der Waals surface area contributed by atoms with E-state index in [2.05, 4.69) is 42.1 Å². The quantitative estimate of drug-likeness (QED) is 0.101. The monoisotopic (exact) mass is 842 g/mol. The van der Waals surface area contributed by atoms with E-state index in [0.717, 1.165) is 30.2 Å². The molecule has 7 rings (SSSR count). The van der Waals surface area contributed by atoms with Crippen molar-refractivity contribution in [2.45, 2.75) is 56.7 Å². The van der Waals surface area contributed by atoms with Gasteiger partial charge in [0, 0.05) is 35.7 Å². The van der Waals surface area contributed by atoms with Gasteiger partial charge in [-0.05, 0) is 74.4 Å². The Kier molecular flexibility index (Phi) is 10.2. The van der Waals surface area contributed by atoms with Gasteiger partial charge in [-0.25, -0.2) is 27.0 Å². The molecule has 0 bridgehead atoms. The van der Waals surface area contributed by atoms with Gasteiger partial charge in [-0.15, -0.1) is 0 Å². The first-order valence-electron chi connectivity index (χ1n) is 17.6. The van der Waals surface area contributed by atoms with Crippen LogP contribution >= 0.6 is 11.6 Å². The molecule has 3 aromatic heterocycles. The molecule has 4 N–H and O–H groups in total. The van der Waals surface area contributed by atoms with Crippen LogP contribution in [0.5, 0.6) is 0 Å². The van der Waals surface area contributed by atoms with Gasteiger partial charge in [0.1, 0.15) is 35.2 Å². The Morgan fingerprint density at radius 3 is 2.45 bits per heavy atom. The van der Waals surface area contributed by atoms with Gasteiger partial charge in [-0.3, -0.25) is 24.2 Å². The molecule has 2 amide bonds. The van der Waals surface area contributed by atoms with Crippen LogP contribution in [0.3, 0.4) is 0 Å². The molecule has 3 atom stereocenters. The maximum Gasteiger partial charge on any atom is 0.412 e. The molecule has 5 aromatic rings. The summed E-state index contributed by atoms with van der Waals surface area (Å²) in [6.45, 7) is 2.14. The summed E-state index contributed by atoms with van der Waals surface area (Å²) in [6.07, 6.45) is -0.122. The van der Waals surface area contributed by atoms with E-state index >= 15 is 8.78 Å². The zero-order valence-electron chi connectivity index (χ0n) is 31.4. The minimum absolute atomic E-state index is 0.0728. The summed E-state index contributed by atoms with van der Waals surface area (Å²) in [5.41, 5.74) is -0.569. The van der Waals surface area contributed by atoms with Crippen LogP contribution in [-0.4, -0.2) is 69.0 Å². The van der Waals surface area contributed by atoms with Gasteiger partial charge in [-0.1, -0.05) is 23.6 Å². The molecule has 0 radical (unpaired) electrons. The van der Waals surface area contributed by atoms with Gasteiger partial charge >= 0.3 is 6.09 Å². The van der Waals surface area contributed by atoms with Crippen LogP contribution in [0.25, 0.3) is 22.0 Å². The standard InChI is InChI=1S/C38H35ClF4N8O6S/c1-37(2,54)11-10-21-6-7-22(23-8-9-26(39)30-32(23)50(3)47-35(30)49-58(5,55)56)31(44-21)27(14-18-12-19(40)15-20(41)13-18)45-28(52)17-51-33-29(24-16-25(24)38(33,42)43)34(48-51)46-36(53)57-4/h6-9,12-13,15,24-25,27,54H,14,16-17H2,1-5H3,(H,45,52)(H,47,49)(H,46,48,53)/t24-,25+,27-/m0/s1. The van der Waals surface area contributed by atoms with Gasteiger partial charge < -0.3 is 15.2 Å². The number of alkyl halides is 2. The van der Waals surface area contributed by atoms with E-state index in [1.54, 1.807) is 19.2 Å². The highest BCUT2D eigenvalue weighted by atomic mass is 35.5. The lowest BCUT2D eigenvalue weighted by Crippen LogP contribution is -2.35. The molecule has 0 spiro atoms. The Hall–Kier alpha value is -5.71. The molecular formula is C38H35ClF4N8O6S. The molecule has 3 heterocycles. The number of hydrogen-bond donors (Lipinski definition) is 4. The molecule has 1 saturated carbocycles. The highest BCUT2D eigenvalue weighted by molar-refractivity contribution is 7.92. The second-order valence-electron chi connectivity index (χ2n) is 14.7. The van der Waals surface area contributed by atoms with Crippen molar-refractivity contribution < 1.29 is 45.4 Å². The van der Waals surface area contributed by atoms with Gasteiger partial charge in [0.15, 0.2) is 11.6 Å². The van der Waals surface area contributed by atoms with E-state index in [1.165, 1.54) is 30.7 Å². The third kappa shape index (κ3) is 8.04. The number of hydrogen-bond acceptors (Lipinski definition) is 9. The highest BCUT2D eigenvalue weighted by Gasteiger charge is 2.67. The lowest BCUT2D eigenvalue weighted by atomic mass is 9.93. The van der Waals surface area contributed by atoms with Gasteiger partial charge in [0.05, 0.1) is 41.0 Å². The minimum Gasteiger partial charge on any atom is -0.453 e. The summed E-state index contributed by atoms with van der Waals surface area (Å²) in [5.74, 6) is -2.43. The van der Waals surface area contributed by atoms with Gasteiger partial charge in [0.2, 0.25) is 15.9 Å². The average Bonchev–Trinajstić information content (AvgIpc) is 3.67. The van der Waals surface area contributed by atoms with Crippen LogP contribution in [0.2, 0.25) is 5.02 Å². The summed E-state index contributed by atoms with van der Waals surface area (Å²) in [7, 11) is -1.17. The zero-order valence-corrected chi connectivity index (χ0v) is 33.0. The summed E-state index contributed by atoms with van der Waals surface area (Å²) in [6, 6.07) is 7.76. The van der Waals surface area contributed by atoms with Crippen molar-refractivity contribution in [2.75, 3.05) is 23.4 Å². The molecular weight excluding hydrogens is 808 g/mol. The second-order valence-corrected chi connectivity index (χ2v) is 16.8. The van der Waals surface area contributed by atoms with Crippen molar-refractivity contribution in [2.24, 2.45) is 13.0 Å². The lowest BCUT2D eigenvalue weighted by Gasteiger charge is -2.23. The zero-order chi connectivity index (χ0) is 42.1. The van der Waals surface area contributed by atoms with E-state index in [1.807, 2.05) is 0 Å². The molecule has 14 nitrogen and oxygen atoms in total. The maximum absolute atomic E-state index is 15.6. The van der Waals surface area contributed by atoms with Crippen molar-refractivity contribution >= 4 is 56.2 Å². The first kappa shape index (κ1) is 40.5. The molecule has 1 fully saturated rings. The van der Waals surface area contributed by atoms with Crippen LogP contribution in [0.4, 0.5) is 34.0 Å². The third-order valence-electron chi connectivity index (χ3n) is 9.59. The minimum atomic E-state index is -3.82. The molecule has 20 heteroatoms. The maximum atomic E-state index is 15.6. The van der Waals surface area contributed by atoms with Crippen LogP contribution in [0.1, 0.15) is 60.4 Å². The fraction of sp³-hybridized carbons (Fsp3) is 0.342. The SMILES string of the molecule is COC(=O)Nc1nn(CC(=O)N[C@@H](Cc2cc(F)cc(F)c2)c2nc(C#CC(C)(C)O)ccc2-c2ccc(Cl)c3c(NS(C)(=O)=O)nn(C)c23)c2c1[C@H]1C[C@H]1C2(F)F. The number of pyridine rings is 1.